The highest BCUT2D eigenvalue weighted by Crippen LogP contribution is 2.07. The van der Waals surface area contributed by atoms with E-state index in [2.05, 4.69) is 41.8 Å². The quantitative estimate of drug-likeness (QED) is 0.864. The average molecular weight is 274 g/mol. The van der Waals surface area contributed by atoms with E-state index < -0.39 is 0 Å². The molecule has 3 nitrogen and oxygen atoms in total. The Morgan fingerprint density at radius 2 is 1.95 bits per heavy atom. The zero-order valence-corrected chi connectivity index (χ0v) is 11.8. The number of urea groups is 1. The lowest BCUT2D eigenvalue weighted by Gasteiger charge is -2.07. The summed E-state index contributed by atoms with van der Waals surface area (Å²) in [7, 11) is 0. The number of benzene rings is 1. The van der Waals surface area contributed by atoms with Crippen LogP contribution in [-0.2, 0) is 13.0 Å². The third-order valence-corrected chi connectivity index (χ3v) is 3.70. The predicted molar refractivity (Wildman–Crippen MR) is 79.4 cm³/mol. The van der Waals surface area contributed by atoms with Gasteiger partial charge in [0.25, 0.3) is 0 Å². The summed E-state index contributed by atoms with van der Waals surface area (Å²) in [5, 5.41) is 7.71. The van der Waals surface area contributed by atoms with Crippen LogP contribution in [0.3, 0.4) is 0 Å². The van der Waals surface area contributed by atoms with Gasteiger partial charge in [-0.25, -0.2) is 4.79 Å². The summed E-state index contributed by atoms with van der Waals surface area (Å²) in [6, 6.07) is 12.3. The Labute approximate surface area is 117 Å². The van der Waals surface area contributed by atoms with Gasteiger partial charge in [0.2, 0.25) is 0 Å². The molecular formula is C15H18N2OS. The number of hydrogen-bond donors (Lipinski definition) is 2. The van der Waals surface area contributed by atoms with Gasteiger partial charge in [0.1, 0.15) is 0 Å². The van der Waals surface area contributed by atoms with E-state index in [0.717, 1.165) is 11.3 Å². The van der Waals surface area contributed by atoms with E-state index in [0.29, 0.717) is 13.1 Å². The first-order valence-electron chi connectivity index (χ1n) is 6.33. The number of rotatable bonds is 5. The largest absolute Gasteiger partial charge is 0.338 e. The second-order valence-electron chi connectivity index (χ2n) is 4.42. The lowest BCUT2D eigenvalue weighted by atomic mass is 10.1. The molecule has 0 aliphatic heterocycles. The fraction of sp³-hybridized carbons (Fsp3) is 0.267. The number of nitrogens with one attached hydrogen (secondary N) is 2. The van der Waals surface area contributed by atoms with Gasteiger partial charge < -0.3 is 10.6 Å². The number of hydrogen-bond acceptors (Lipinski definition) is 2. The van der Waals surface area contributed by atoms with E-state index in [-0.39, 0.29) is 6.03 Å². The van der Waals surface area contributed by atoms with Gasteiger partial charge in [0, 0.05) is 11.4 Å². The molecule has 0 atom stereocenters. The van der Waals surface area contributed by atoms with Gasteiger partial charge in [0.15, 0.2) is 0 Å². The van der Waals surface area contributed by atoms with Crippen LogP contribution in [0.15, 0.2) is 41.8 Å². The van der Waals surface area contributed by atoms with Gasteiger partial charge in [-0.3, -0.25) is 0 Å². The van der Waals surface area contributed by atoms with E-state index in [9.17, 15) is 4.79 Å². The lowest BCUT2D eigenvalue weighted by molar-refractivity contribution is 0.240. The molecule has 0 radical (unpaired) electrons. The number of carbonyl (C=O) groups excluding carboxylic acids is 1. The van der Waals surface area contributed by atoms with Crippen molar-refractivity contribution in [3.63, 3.8) is 0 Å². The molecule has 100 valence electrons. The molecule has 2 aromatic rings. The Kier molecular flexibility index (Phi) is 4.98. The summed E-state index contributed by atoms with van der Waals surface area (Å²) in [4.78, 5) is 12.7. The molecule has 0 saturated heterocycles. The summed E-state index contributed by atoms with van der Waals surface area (Å²) in [5.41, 5.74) is 2.49. The van der Waals surface area contributed by atoms with Crippen LogP contribution in [-0.4, -0.2) is 12.6 Å². The Balaban J connectivity index is 1.65. The van der Waals surface area contributed by atoms with E-state index in [4.69, 9.17) is 0 Å². The normalized spacial score (nSPS) is 10.2. The molecule has 0 saturated carbocycles. The molecule has 1 heterocycles. The SMILES string of the molecule is Cc1ccc(CCNC(=O)NCc2cccs2)cc1. The van der Waals surface area contributed by atoms with Crippen molar-refractivity contribution < 1.29 is 4.79 Å². The first-order chi connectivity index (χ1) is 9.24. The van der Waals surface area contributed by atoms with Crippen molar-refractivity contribution in [2.24, 2.45) is 0 Å². The molecule has 19 heavy (non-hydrogen) atoms. The maximum atomic E-state index is 11.6. The molecule has 0 aliphatic carbocycles. The molecular weight excluding hydrogens is 256 g/mol. The van der Waals surface area contributed by atoms with E-state index in [1.807, 2.05) is 17.5 Å². The highest BCUT2D eigenvalue weighted by atomic mass is 32.1. The topological polar surface area (TPSA) is 41.1 Å². The van der Waals surface area contributed by atoms with Crippen LogP contribution in [0.5, 0.6) is 0 Å². The summed E-state index contributed by atoms with van der Waals surface area (Å²) in [5.74, 6) is 0. The Bertz CT molecular complexity index is 505. The minimum absolute atomic E-state index is 0.111. The van der Waals surface area contributed by atoms with Gasteiger partial charge in [0.05, 0.1) is 6.54 Å². The summed E-state index contributed by atoms with van der Waals surface area (Å²) >= 11 is 1.64. The number of amides is 2. The molecule has 2 amide bonds. The number of thiophene rings is 1. The average Bonchev–Trinajstić information content (AvgIpc) is 2.92. The second-order valence-corrected chi connectivity index (χ2v) is 5.46. The standard InChI is InChI=1S/C15H18N2OS/c1-12-4-6-13(7-5-12)8-9-16-15(18)17-11-14-3-2-10-19-14/h2-7,10H,8-9,11H2,1H3,(H2,16,17,18). The van der Waals surface area contributed by atoms with Crippen molar-refractivity contribution in [3.05, 3.63) is 57.8 Å². The fourth-order valence-electron chi connectivity index (χ4n) is 1.72. The lowest BCUT2D eigenvalue weighted by Crippen LogP contribution is -2.35. The van der Waals surface area contributed by atoms with Crippen molar-refractivity contribution in [1.82, 2.24) is 10.6 Å². The van der Waals surface area contributed by atoms with Crippen LogP contribution in [0, 0.1) is 6.92 Å². The van der Waals surface area contributed by atoms with E-state index in [1.165, 1.54) is 11.1 Å². The molecule has 2 rings (SSSR count). The predicted octanol–water partition coefficient (Wildman–Crippen LogP) is 3.10. The van der Waals surface area contributed by atoms with Gasteiger partial charge in [-0.05, 0) is 30.4 Å². The van der Waals surface area contributed by atoms with Crippen LogP contribution < -0.4 is 10.6 Å². The van der Waals surface area contributed by atoms with Crippen molar-refractivity contribution in [2.75, 3.05) is 6.54 Å². The van der Waals surface area contributed by atoms with E-state index in [1.54, 1.807) is 11.3 Å². The van der Waals surface area contributed by atoms with Gasteiger partial charge >= 0.3 is 6.03 Å². The van der Waals surface area contributed by atoms with Crippen LogP contribution in [0.4, 0.5) is 4.79 Å². The van der Waals surface area contributed by atoms with Crippen molar-refractivity contribution in [1.29, 1.82) is 0 Å². The van der Waals surface area contributed by atoms with Crippen molar-refractivity contribution >= 4 is 17.4 Å². The molecule has 1 aromatic carbocycles. The second kappa shape index (κ2) is 6.95. The Morgan fingerprint density at radius 3 is 2.63 bits per heavy atom. The summed E-state index contributed by atoms with van der Waals surface area (Å²) in [6.07, 6.45) is 0.854. The summed E-state index contributed by atoms with van der Waals surface area (Å²) < 4.78 is 0. The highest BCUT2D eigenvalue weighted by Gasteiger charge is 2.00. The zero-order chi connectivity index (χ0) is 13.5. The van der Waals surface area contributed by atoms with Crippen molar-refractivity contribution in [2.45, 2.75) is 19.9 Å². The smallest absolute Gasteiger partial charge is 0.315 e. The first-order valence-corrected chi connectivity index (χ1v) is 7.21. The fourth-order valence-corrected chi connectivity index (χ4v) is 2.36. The van der Waals surface area contributed by atoms with Crippen LogP contribution in [0.25, 0.3) is 0 Å². The molecule has 0 aliphatic rings. The maximum Gasteiger partial charge on any atom is 0.315 e. The van der Waals surface area contributed by atoms with Crippen molar-refractivity contribution in [3.8, 4) is 0 Å². The minimum atomic E-state index is -0.111. The molecule has 4 heteroatoms. The minimum Gasteiger partial charge on any atom is -0.338 e. The Hall–Kier alpha value is -1.81. The van der Waals surface area contributed by atoms with Crippen LogP contribution in [0.1, 0.15) is 16.0 Å². The van der Waals surface area contributed by atoms with Gasteiger partial charge in [-0.2, -0.15) is 0 Å². The molecule has 0 unspecified atom stereocenters. The molecule has 0 spiro atoms. The number of aryl methyl sites for hydroxylation is 1. The molecule has 0 bridgehead atoms. The monoisotopic (exact) mass is 274 g/mol. The Morgan fingerprint density at radius 1 is 1.16 bits per heavy atom. The third-order valence-electron chi connectivity index (χ3n) is 2.82. The van der Waals surface area contributed by atoms with E-state index >= 15 is 0 Å². The maximum absolute atomic E-state index is 11.6. The zero-order valence-electron chi connectivity index (χ0n) is 11.0. The highest BCUT2D eigenvalue weighted by molar-refractivity contribution is 7.09. The van der Waals surface area contributed by atoms with Gasteiger partial charge in [-0.1, -0.05) is 35.9 Å². The molecule has 2 N–H and O–H groups in total. The van der Waals surface area contributed by atoms with Crippen LogP contribution >= 0.6 is 11.3 Å². The van der Waals surface area contributed by atoms with Crippen LogP contribution in [0.2, 0.25) is 0 Å². The molecule has 1 aromatic heterocycles. The number of carbonyl (C=O) groups is 1. The molecule has 0 fully saturated rings. The first kappa shape index (κ1) is 13.6. The summed E-state index contributed by atoms with van der Waals surface area (Å²) in [6.45, 7) is 3.31. The third kappa shape index (κ3) is 4.75. The van der Waals surface area contributed by atoms with Gasteiger partial charge in [-0.15, -0.1) is 11.3 Å².